The van der Waals surface area contributed by atoms with E-state index < -0.39 is 0 Å². The monoisotopic (exact) mass is 380 g/mol. The maximum absolute atomic E-state index is 12.2. The first-order valence-corrected chi connectivity index (χ1v) is 9.72. The molecule has 1 aliphatic heterocycles. The molecule has 1 atom stereocenters. The normalized spacial score (nSPS) is 17.3. The summed E-state index contributed by atoms with van der Waals surface area (Å²) >= 11 is 0. The van der Waals surface area contributed by atoms with E-state index in [2.05, 4.69) is 39.6 Å². The summed E-state index contributed by atoms with van der Waals surface area (Å²) in [6.07, 6.45) is -0.00282. The molecule has 1 aliphatic rings. The fourth-order valence-electron chi connectivity index (χ4n) is 3.27. The van der Waals surface area contributed by atoms with Gasteiger partial charge in [0.05, 0.1) is 13.2 Å². The largest absolute Gasteiger partial charge is 0.370 e. The van der Waals surface area contributed by atoms with Crippen LogP contribution in [0.25, 0.3) is 0 Å². The van der Waals surface area contributed by atoms with Crippen molar-refractivity contribution in [3.63, 3.8) is 0 Å². The first-order valence-electron chi connectivity index (χ1n) is 9.72. The summed E-state index contributed by atoms with van der Waals surface area (Å²) in [5, 5.41) is 6.17. The Hall–Kier alpha value is -2.86. The fourth-order valence-corrected chi connectivity index (χ4v) is 3.27. The van der Waals surface area contributed by atoms with Crippen molar-refractivity contribution in [2.24, 2.45) is 4.99 Å². The standard InChI is InChI=1S/C22H28N4O2/c1-3-23-22(24-15-21(27)25-18-10-5-4-6-11-18)26-13-14-28-20(16-26)19-12-8-7-9-17(19)2/h4-12,20H,3,13-16H2,1-2H3,(H,23,24)(H,25,27). The van der Waals surface area contributed by atoms with Gasteiger partial charge in [-0.15, -0.1) is 0 Å². The summed E-state index contributed by atoms with van der Waals surface area (Å²) in [4.78, 5) is 19.0. The minimum Gasteiger partial charge on any atom is -0.370 e. The summed E-state index contributed by atoms with van der Waals surface area (Å²) in [5.41, 5.74) is 3.20. The number of hydrogen-bond acceptors (Lipinski definition) is 3. The molecule has 0 saturated carbocycles. The number of carbonyl (C=O) groups excluding carboxylic acids is 1. The molecule has 0 spiro atoms. The third-order valence-corrected chi connectivity index (χ3v) is 4.67. The number of nitrogens with zero attached hydrogens (tertiary/aromatic N) is 2. The number of rotatable bonds is 5. The number of hydrogen-bond donors (Lipinski definition) is 2. The molecular formula is C22H28N4O2. The van der Waals surface area contributed by atoms with Crippen molar-refractivity contribution in [1.29, 1.82) is 0 Å². The number of ether oxygens (including phenoxy) is 1. The zero-order valence-electron chi connectivity index (χ0n) is 16.5. The molecule has 6 nitrogen and oxygen atoms in total. The highest BCUT2D eigenvalue weighted by atomic mass is 16.5. The van der Waals surface area contributed by atoms with Crippen molar-refractivity contribution in [1.82, 2.24) is 10.2 Å². The Morgan fingerprint density at radius 1 is 1.18 bits per heavy atom. The average molecular weight is 380 g/mol. The van der Waals surface area contributed by atoms with Gasteiger partial charge in [-0.3, -0.25) is 4.79 Å². The number of amides is 1. The molecule has 6 heteroatoms. The molecule has 0 aliphatic carbocycles. The van der Waals surface area contributed by atoms with Crippen LogP contribution in [0.1, 0.15) is 24.2 Å². The molecule has 148 valence electrons. The predicted molar refractivity (Wildman–Crippen MR) is 112 cm³/mol. The lowest BCUT2D eigenvalue weighted by molar-refractivity contribution is -0.114. The van der Waals surface area contributed by atoms with Gasteiger partial charge < -0.3 is 20.3 Å². The Labute approximate surface area is 166 Å². The van der Waals surface area contributed by atoms with E-state index >= 15 is 0 Å². The Balaban J connectivity index is 1.66. The molecule has 1 unspecified atom stereocenters. The van der Waals surface area contributed by atoms with E-state index in [-0.39, 0.29) is 18.6 Å². The smallest absolute Gasteiger partial charge is 0.246 e. The summed E-state index contributed by atoms with van der Waals surface area (Å²) in [7, 11) is 0. The molecule has 2 N–H and O–H groups in total. The molecule has 2 aromatic rings. The van der Waals surface area contributed by atoms with Gasteiger partial charge in [-0.2, -0.15) is 0 Å². The van der Waals surface area contributed by atoms with E-state index in [1.165, 1.54) is 11.1 Å². The molecule has 2 aromatic carbocycles. The Morgan fingerprint density at radius 3 is 2.68 bits per heavy atom. The molecule has 1 saturated heterocycles. The second kappa shape index (κ2) is 9.90. The van der Waals surface area contributed by atoms with Crippen LogP contribution in [0.2, 0.25) is 0 Å². The van der Waals surface area contributed by atoms with Crippen LogP contribution in [0.5, 0.6) is 0 Å². The van der Waals surface area contributed by atoms with Crippen LogP contribution in [0.3, 0.4) is 0 Å². The van der Waals surface area contributed by atoms with Gasteiger partial charge in [-0.1, -0.05) is 42.5 Å². The third kappa shape index (κ3) is 5.33. The van der Waals surface area contributed by atoms with Crippen LogP contribution >= 0.6 is 0 Å². The number of aliphatic imine (C=N–C) groups is 1. The third-order valence-electron chi connectivity index (χ3n) is 4.67. The number of benzene rings is 2. The van der Waals surface area contributed by atoms with Gasteiger partial charge >= 0.3 is 0 Å². The van der Waals surface area contributed by atoms with Crippen molar-refractivity contribution in [3.8, 4) is 0 Å². The zero-order chi connectivity index (χ0) is 19.8. The second-order valence-electron chi connectivity index (χ2n) is 6.75. The second-order valence-corrected chi connectivity index (χ2v) is 6.75. The van der Waals surface area contributed by atoms with Crippen LogP contribution in [0, 0.1) is 6.92 Å². The molecule has 1 heterocycles. The number of carbonyl (C=O) groups is 1. The fraction of sp³-hybridized carbons (Fsp3) is 0.364. The molecule has 1 amide bonds. The van der Waals surface area contributed by atoms with Gasteiger partial charge in [-0.05, 0) is 37.1 Å². The minimum atomic E-state index is -0.134. The first-order chi connectivity index (χ1) is 13.7. The SMILES string of the molecule is CCNC(=NCC(=O)Nc1ccccc1)N1CCOC(c2ccccc2C)C1. The molecule has 3 rings (SSSR count). The Bertz CT molecular complexity index is 807. The molecule has 0 radical (unpaired) electrons. The van der Waals surface area contributed by atoms with Gasteiger partial charge in [0.1, 0.15) is 12.6 Å². The van der Waals surface area contributed by atoms with Gasteiger partial charge in [-0.25, -0.2) is 4.99 Å². The summed E-state index contributed by atoms with van der Waals surface area (Å²) in [6.45, 7) is 7.02. The number of nitrogens with one attached hydrogen (secondary N) is 2. The Kier molecular flexibility index (Phi) is 7.03. The molecular weight excluding hydrogens is 352 g/mol. The molecule has 0 aromatic heterocycles. The van der Waals surface area contributed by atoms with Crippen LogP contribution < -0.4 is 10.6 Å². The lowest BCUT2D eigenvalue weighted by Crippen LogP contribution is -2.48. The maximum atomic E-state index is 12.2. The predicted octanol–water partition coefficient (Wildman–Crippen LogP) is 2.97. The van der Waals surface area contributed by atoms with Crippen molar-refractivity contribution in [2.45, 2.75) is 20.0 Å². The highest BCUT2D eigenvalue weighted by Gasteiger charge is 2.25. The molecule has 28 heavy (non-hydrogen) atoms. The first kappa shape index (κ1) is 19.9. The lowest BCUT2D eigenvalue weighted by Gasteiger charge is -2.35. The molecule has 0 bridgehead atoms. The van der Waals surface area contributed by atoms with Gasteiger partial charge in [0.25, 0.3) is 0 Å². The topological polar surface area (TPSA) is 66.0 Å². The van der Waals surface area contributed by atoms with Crippen molar-refractivity contribution < 1.29 is 9.53 Å². The van der Waals surface area contributed by atoms with Crippen LogP contribution in [0.15, 0.2) is 59.6 Å². The van der Waals surface area contributed by atoms with Gasteiger partial charge in [0, 0.05) is 18.8 Å². The number of anilines is 1. The Morgan fingerprint density at radius 2 is 1.93 bits per heavy atom. The quantitative estimate of drug-likeness (QED) is 0.618. The summed E-state index contributed by atoms with van der Waals surface area (Å²) < 4.78 is 6.00. The highest BCUT2D eigenvalue weighted by molar-refractivity contribution is 5.94. The van der Waals surface area contributed by atoms with E-state index in [1.54, 1.807) is 0 Å². The van der Waals surface area contributed by atoms with Crippen LogP contribution in [0.4, 0.5) is 5.69 Å². The number of morpholine rings is 1. The molecule has 1 fully saturated rings. The van der Waals surface area contributed by atoms with E-state index in [0.717, 1.165) is 24.7 Å². The van der Waals surface area contributed by atoms with E-state index in [9.17, 15) is 4.79 Å². The number of aryl methyl sites for hydroxylation is 1. The average Bonchev–Trinajstić information content (AvgIpc) is 2.72. The van der Waals surface area contributed by atoms with Crippen molar-refractivity contribution >= 4 is 17.6 Å². The van der Waals surface area contributed by atoms with E-state index in [1.807, 2.05) is 49.4 Å². The van der Waals surface area contributed by atoms with Gasteiger partial charge in [0.15, 0.2) is 5.96 Å². The van der Waals surface area contributed by atoms with Gasteiger partial charge in [0.2, 0.25) is 5.91 Å². The van der Waals surface area contributed by atoms with Crippen molar-refractivity contribution in [3.05, 3.63) is 65.7 Å². The highest BCUT2D eigenvalue weighted by Crippen LogP contribution is 2.24. The zero-order valence-corrected chi connectivity index (χ0v) is 16.5. The lowest BCUT2D eigenvalue weighted by atomic mass is 10.0. The summed E-state index contributed by atoms with van der Waals surface area (Å²) in [6, 6.07) is 17.7. The van der Waals surface area contributed by atoms with Crippen LogP contribution in [-0.2, 0) is 9.53 Å². The van der Waals surface area contributed by atoms with Crippen molar-refractivity contribution in [2.75, 3.05) is 38.1 Å². The number of guanidine groups is 1. The van der Waals surface area contributed by atoms with E-state index in [4.69, 9.17) is 4.74 Å². The summed E-state index contributed by atoms with van der Waals surface area (Å²) in [5.74, 6) is 0.609. The maximum Gasteiger partial charge on any atom is 0.246 e. The minimum absolute atomic E-state index is 0.00282. The number of para-hydroxylation sites is 1. The van der Waals surface area contributed by atoms with Crippen LogP contribution in [-0.4, -0.2) is 49.6 Å². The van der Waals surface area contributed by atoms with E-state index in [0.29, 0.717) is 13.2 Å².